The molecule has 0 N–H and O–H groups in total. The van der Waals surface area contributed by atoms with E-state index < -0.39 is 10.0 Å². The molecule has 1 aliphatic rings. The average molecular weight is 400 g/mol. The van der Waals surface area contributed by atoms with E-state index in [1.54, 1.807) is 44.2 Å². The van der Waals surface area contributed by atoms with Crippen molar-refractivity contribution >= 4 is 33.4 Å². The zero-order chi connectivity index (χ0) is 18.0. The fraction of sp³-hybridized carbons (Fsp3) is 0.294. The smallest absolute Gasteiger partial charge is 0.244 e. The first kappa shape index (κ1) is 18.4. The van der Waals surface area contributed by atoms with Crippen LogP contribution in [-0.2, 0) is 10.0 Å². The Hall–Kier alpha value is -1.41. The van der Waals surface area contributed by atoms with Crippen LogP contribution in [0.15, 0.2) is 47.4 Å². The lowest BCUT2D eigenvalue weighted by Crippen LogP contribution is -2.30. The predicted octanol–water partition coefficient (Wildman–Crippen LogP) is 3.79. The van der Waals surface area contributed by atoms with Crippen molar-refractivity contribution in [3.63, 3.8) is 0 Å². The molecule has 0 spiro atoms. The Balaban J connectivity index is 1.96. The Morgan fingerprint density at radius 1 is 1.08 bits per heavy atom. The van der Waals surface area contributed by atoms with E-state index in [2.05, 4.69) is 0 Å². The van der Waals surface area contributed by atoms with E-state index in [4.69, 9.17) is 21.1 Å². The maximum absolute atomic E-state index is 13.0. The Bertz CT molecular complexity index is 855. The van der Waals surface area contributed by atoms with Gasteiger partial charge in [0, 0.05) is 17.3 Å². The van der Waals surface area contributed by atoms with Gasteiger partial charge in [-0.05, 0) is 42.0 Å². The fourth-order valence-corrected chi connectivity index (χ4v) is 6.07. The van der Waals surface area contributed by atoms with Crippen LogP contribution in [0.5, 0.6) is 11.5 Å². The molecular formula is C17H18ClNO4S2. The van der Waals surface area contributed by atoms with Crippen molar-refractivity contribution in [2.45, 2.75) is 10.3 Å². The SMILES string of the molecule is COc1ccc([C@@H]2SCCN2S(=O)(=O)c2ccc(Cl)cc2)cc1OC. The van der Waals surface area contributed by atoms with Crippen LogP contribution in [0.25, 0.3) is 0 Å². The van der Waals surface area contributed by atoms with Crippen LogP contribution >= 0.6 is 23.4 Å². The van der Waals surface area contributed by atoms with Gasteiger partial charge in [-0.3, -0.25) is 0 Å². The molecule has 0 aromatic heterocycles. The second-order valence-corrected chi connectivity index (χ2v) is 8.92. The Morgan fingerprint density at radius 3 is 2.40 bits per heavy atom. The summed E-state index contributed by atoms with van der Waals surface area (Å²) in [6.45, 7) is 0.453. The van der Waals surface area contributed by atoms with Crippen LogP contribution in [0.2, 0.25) is 5.02 Å². The molecule has 3 rings (SSSR count). The topological polar surface area (TPSA) is 55.8 Å². The van der Waals surface area contributed by atoms with Crippen LogP contribution in [0.3, 0.4) is 0 Å². The molecule has 1 atom stereocenters. The van der Waals surface area contributed by atoms with Crippen molar-refractivity contribution in [1.29, 1.82) is 0 Å². The number of benzene rings is 2. The molecular weight excluding hydrogens is 382 g/mol. The highest BCUT2D eigenvalue weighted by Crippen LogP contribution is 2.43. The van der Waals surface area contributed by atoms with Gasteiger partial charge in [-0.2, -0.15) is 4.31 Å². The van der Waals surface area contributed by atoms with Gasteiger partial charge in [0.1, 0.15) is 0 Å². The molecule has 0 saturated carbocycles. The molecule has 25 heavy (non-hydrogen) atoms. The summed E-state index contributed by atoms with van der Waals surface area (Å²) in [6, 6.07) is 11.7. The largest absolute Gasteiger partial charge is 0.493 e. The molecule has 0 bridgehead atoms. The second-order valence-electron chi connectivity index (χ2n) is 5.41. The quantitative estimate of drug-likeness (QED) is 0.765. The second kappa shape index (κ2) is 7.45. The van der Waals surface area contributed by atoms with Crippen molar-refractivity contribution in [2.75, 3.05) is 26.5 Å². The molecule has 0 amide bonds. The molecule has 1 heterocycles. The number of sulfonamides is 1. The van der Waals surface area contributed by atoms with Gasteiger partial charge in [-0.1, -0.05) is 17.7 Å². The number of hydrogen-bond donors (Lipinski definition) is 0. The van der Waals surface area contributed by atoms with E-state index in [-0.39, 0.29) is 10.3 Å². The van der Waals surface area contributed by atoms with Crippen LogP contribution in [-0.4, -0.2) is 39.2 Å². The third-order valence-corrected chi connectivity index (χ3v) is 7.49. The molecule has 0 radical (unpaired) electrons. The summed E-state index contributed by atoms with van der Waals surface area (Å²) in [5, 5.41) is 0.201. The summed E-state index contributed by atoms with van der Waals surface area (Å²) < 4.78 is 38.1. The lowest BCUT2D eigenvalue weighted by molar-refractivity contribution is 0.353. The van der Waals surface area contributed by atoms with E-state index in [0.717, 1.165) is 11.3 Å². The van der Waals surface area contributed by atoms with Crippen molar-refractivity contribution < 1.29 is 17.9 Å². The highest BCUT2D eigenvalue weighted by Gasteiger charge is 2.37. The third-order valence-electron chi connectivity index (χ3n) is 3.96. The predicted molar refractivity (Wildman–Crippen MR) is 100 cm³/mol. The molecule has 5 nitrogen and oxygen atoms in total. The molecule has 134 valence electrons. The summed E-state index contributed by atoms with van der Waals surface area (Å²) >= 11 is 7.45. The molecule has 1 saturated heterocycles. The van der Waals surface area contributed by atoms with Crippen LogP contribution in [0.1, 0.15) is 10.9 Å². The monoisotopic (exact) mass is 399 g/mol. The summed E-state index contributed by atoms with van der Waals surface area (Å²) in [7, 11) is -0.476. The number of methoxy groups -OCH3 is 2. The maximum atomic E-state index is 13.0. The Morgan fingerprint density at radius 2 is 1.76 bits per heavy atom. The normalized spacial score (nSPS) is 18.3. The lowest BCUT2D eigenvalue weighted by atomic mass is 10.2. The minimum Gasteiger partial charge on any atom is -0.493 e. The first-order chi connectivity index (χ1) is 12.0. The van der Waals surface area contributed by atoms with E-state index in [0.29, 0.717) is 23.1 Å². The number of thioether (sulfide) groups is 1. The number of rotatable bonds is 5. The molecule has 1 aliphatic heterocycles. The highest BCUT2D eigenvalue weighted by molar-refractivity contribution is 8.01. The van der Waals surface area contributed by atoms with Crippen LogP contribution in [0, 0.1) is 0 Å². The minimum absolute atomic E-state index is 0.241. The van der Waals surface area contributed by atoms with Crippen molar-refractivity contribution in [3.8, 4) is 11.5 Å². The van der Waals surface area contributed by atoms with Gasteiger partial charge in [-0.15, -0.1) is 11.8 Å². The molecule has 0 aliphatic carbocycles. The van der Waals surface area contributed by atoms with Gasteiger partial charge >= 0.3 is 0 Å². The first-order valence-corrected chi connectivity index (χ1v) is 10.4. The summed E-state index contributed by atoms with van der Waals surface area (Å²) in [6.07, 6.45) is 0. The average Bonchev–Trinajstić information content (AvgIpc) is 3.12. The van der Waals surface area contributed by atoms with E-state index in [1.807, 2.05) is 12.1 Å². The molecule has 2 aromatic carbocycles. The molecule has 0 unspecified atom stereocenters. The number of nitrogens with zero attached hydrogens (tertiary/aromatic N) is 1. The van der Waals surface area contributed by atoms with Gasteiger partial charge in [0.2, 0.25) is 10.0 Å². The van der Waals surface area contributed by atoms with Crippen LogP contribution < -0.4 is 9.47 Å². The maximum Gasteiger partial charge on any atom is 0.244 e. The van der Waals surface area contributed by atoms with Gasteiger partial charge in [-0.25, -0.2) is 8.42 Å². The van der Waals surface area contributed by atoms with E-state index in [1.165, 1.54) is 16.4 Å². The Kier molecular flexibility index (Phi) is 5.48. The van der Waals surface area contributed by atoms with Gasteiger partial charge in [0.25, 0.3) is 0 Å². The standard InChI is InChI=1S/C17H18ClNO4S2/c1-22-15-8-3-12(11-16(15)23-2)17-19(9-10-24-17)25(20,21)14-6-4-13(18)5-7-14/h3-8,11,17H,9-10H2,1-2H3/t17-/m0/s1. The fourth-order valence-electron chi connectivity index (χ4n) is 2.71. The third kappa shape index (κ3) is 3.60. The number of hydrogen-bond acceptors (Lipinski definition) is 5. The zero-order valence-corrected chi connectivity index (χ0v) is 16.2. The summed E-state index contributed by atoms with van der Waals surface area (Å²) in [5.74, 6) is 1.92. The number of ether oxygens (including phenoxy) is 2. The van der Waals surface area contributed by atoms with E-state index in [9.17, 15) is 8.42 Å². The van der Waals surface area contributed by atoms with E-state index >= 15 is 0 Å². The van der Waals surface area contributed by atoms with Crippen molar-refractivity contribution in [1.82, 2.24) is 4.31 Å². The first-order valence-electron chi connectivity index (χ1n) is 7.58. The molecule has 2 aromatic rings. The summed E-state index contributed by atoms with van der Waals surface area (Å²) in [4.78, 5) is 0.241. The van der Waals surface area contributed by atoms with Gasteiger partial charge < -0.3 is 9.47 Å². The number of halogens is 1. The minimum atomic E-state index is -3.61. The lowest BCUT2D eigenvalue weighted by Gasteiger charge is -2.24. The van der Waals surface area contributed by atoms with Gasteiger partial charge in [0.05, 0.1) is 24.5 Å². The van der Waals surface area contributed by atoms with Crippen molar-refractivity contribution in [2.24, 2.45) is 0 Å². The molecule has 8 heteroatoms. The van der Waals surface area contributed by atoms with Crippen LogP contribution in [0.4, 0.5) is 0 Å². The highest BCUT2D eigenvalue weighted by atomic mass is 35.5. The van der Waals surface area contributed by atoms with Gasteiger partial charge in [0.15, 0.2) is 11.5 Å². The zero-order valence-electron chi connectivity index (χ0n) is 13.8. The summed E-state index contributed by atoms with van der Waals surface area (Å²) in [5.41, 5.74) is 0.859. The Labute approximate surface area is 156 Å². The van der Waals surface area contributed by atoms with Crippen molar-refractivity contribution in [3.05, 3.63) is 53.1 Å². The molecule has 1 fully saturated rings.